The molecule has 216 valence electrons. The first kappa shape index (κ1) is 28.5. The van der Waals surface area contributed by atoms with Crippen molar-refractivity contribution in [3.63, 3.8) is 0 Å². The number of nitrogens with two attached hydrogens (primary N) is 1. The normalized spacial score (nSPS) is 14.4. The molecular formula is C31H34N8O3. The van der Waals surface area contributed by atoms with Crippen LogP contribution in [0.4, 0.5) is 17.5 Å². The summed E-state index contributed by atoms with van der Waals surface area (Å²) >= 11 is 0. The lowest BCUT2D eigenvalue weighted by atomic mass is 9.93. The topological polar surface area (TPSA) is 152 Å². The van der Waals surface area contributed by atoms with Gasteiger partial charge in [0, 0.05) is 19.5 Å². The van der Waals surface area contributed by atoms with Crippen LogP contribution in [0.2, 0.25) is 0 Å². The third kappa shape index (κ3) is 5.61. The summed E-state index contributed by atoms with van der Waals surface area (Å²) < 4.78 is 6.49. The number of rotatable bonds is 8. The fraction of sp³-hybridized carbons (Fsp3) is 0.355. The van der Waals surface area contributed by atoms with Gasteiger partial charge in [0.05, 0.1) is 41.1 Å². The Balaban J connectivity index is 1.61. The third-order valence-electron chi connectivity index (χ3n) is 7.80. The number of nitriles is 1. The molecule has 3 N–H and O–H groups in total. The molecule has 0 spiro atoms. The Morgan fingerprint density at radius 1 is 1.14 bits per heavy atom. The van der Waals surface area contributed by atoms with E-state index < -0.39 is 6.04 Å². The number of hydrogen-bond acceptors (Lipinski definition) is 10. The fourth-order valence-corrected chi connectivity index (χ4v) is 5.60. The maximum atomic E-state index is 14.5. The van der Waals surface area contributed by atoms with E-state index in [0.717, 1.165) is 31.6 Å². The third-order valence-corrected chi connectivity index (χ3v) is 7.80. The molecule has 0 saturated carbocycles. The summed E-state index contributed by atoms with van der Waals surface area (Å²) in [4.78, 5) is 41.9. The van der Waals surface area contributed by atoms with Gasteiger partial charge in [-0.3, -0.25) is 14.2 Å². The average Bonchev–Trinajstić information content (AvgIpc) is 3.00. The number of benzene rings is 2. The molecular weight excluding hydrogens is 532 g/mol. The van der Waals surface area contributed by atoms with E-state index in [1.165, 1.54) is 7.11 Å². The van der Waals surface area contributed by atoms with Crippen molar-refractivity contribution in [2.75, 3.05) is 36.1 Å². The van der Waals surface area contributed by atoms with Gasteiger partial charge in [-0.1, -0.05) is 31.2 Å². The lowest BCUT2D eigenvalue weighted by Crippen LogP contribution is -2.36. The number of hydrogen-bond donors (Lipinski definition) is 2. The second kappa shape index (κ2) is 12.3. The lowest BCUT2D eigenvalue weighted by Gasteiger charge is -2.34. The molecule has 1 aliphatic heterocycles. The van der Waals surface area contributed by atoms with Crippen LogP contribution in [0.5, 0.6) is 0 Å². The standard InChI is InChI=1S/C31H34N8O3/c1-4-23(35-28-22(18-32)19(2)34-31(33)37-28)29-36-24-11-8-12-25(38-15-13-20(14-16-38)17-26(40)42-3)27(24)30(41)39(29)21-9-6-5-7-10-21/h5-12,20,23H,4,13-17H2,1-3H3,(H3,33,34,35,37)/t23-/m0/s1. The number of esters is 1. The van der Waals surface area contributed by atoms with E-state index in [1.807, 2.05) is 55.5 Å². The summed E-state index contributed by atoms with van der Waals surface area (Å²) in [7, 11) is 1.41. The quantitative estimate of drug-likeness (QED) is 0.296. The van der Waals surface area contributed by atoms with Crippen LogP contribution in [-0.2, 0) is 9.53 Å². The average molecular weight is 567 g/mol. The van der Waals surface area contributed by atoms with Crippen molar-refractivity contribution in [2.24, 2.45) is 5.92 Å². The van der Waals surface area contributed by atoms with Gasteiger partial charge >= 0.3 is 5.97 Å². The van der Waals surface area contributed by atoms with Gasteiger partial charge in [0.2, 0.25) is 5.95 Å². The molecule has 42 heavy (non-hydrogen) atoms. The Hall–Kier alpha value is -4.98. The van der Waals surface area contributed by atoms with Crippen molar-refractivity contribution < 1.29 is 9.53 Å². The molecule has 0 radical (unpaired) electrons. The Morgan fingerprint density at radius 3 is 2.55 bits per heavy atom. The Bertz CT molecular complexity index is 1710. The zero-order valence-corrected chi connectivity index (χ0v) is 24.0. The molecule has 1 fully saturated rings. The summed E-state index contributed by atoms with van der Waals surface area (Å²) in [6, 6.07) is 16.8. The minimum atomic E-state index is -0.471. The molecule has 3 heterocycles. The molecule has 0 amide bonds. The molecule has 11 heteroatoms. The fourth-order valence-electron chi connectivity index (χ4n) is 5.60. The van der Waals surface area contributed by atoms with E-state index in [2.05, 4.69) is 26.3 Å². The minimum absolute atomic E-state index is 0.0516. The SMILES string of the molecule is CC[C@H](Nc1nc(N)nc(C)c1C#N)c1nc2cccc(N3CCC(CC(=O)OC)CC3)c2c(=O)n1-c1ccccc1. The van der Waals surface area contributed by atoms with Gasteiger partial charge in [-0.05, 0) is 56.4 Å². The van der Waals surface area contributed by atoms with E-state index in [1.54, 1.807) is 11.5 Å². The zero-order valence-electron chi connectivity index (χ0n) is 24.0. The number of carbonyl (C=O) groups excluding carboxylic acids is 1. The first-order valence-electron chi connectivity index (χ1n) is 14.1. The number of nitrogens with one attached hydrogen (secondary N) is 1. The first-order valence-corrected chi connectivity index (χ1v) is 14.1. The molecule has 11 nitrogen and oxygen atoms in total. The van der Waals surface area contributed by atoms with Gasteiger partial charge in [-0.15, -0.1) is 0 Å². The second-order valence-corrected chi connectivity index (χ2v) is 10.4. The highest BCUT2D eigenvalue weighted by atomic mass is 16.5. The summed E-state index contributed by atoms with van der Waals surface area (Å²) in [5.74, 6) is 0.905. The number of fused-ring (bicyclic) bond motifs is 1. The van der Waals surface area contributed by atoms with Crippen LogP contribution >= 0.6 is 0 Å². The predicted octanol–water partition coefficient (Wildman–Crippen LogP) is 4.28. The minimum Gasteiger partial charge on any atom is -0.469 e. The molecule has 5 rings (SSSR count). The largest absolute Gasteiger partial charge is 0.469 e. The number of ether oxygens (including phenoxy) is 1. The van der Waals surface area contributed by atoms with Crippen molar-refractivity contribution in [3.8, 4) is 11.8 Å². The maximum Gasteiger partial charge on any atom is 0.305 e. The highest BCUT2D eigenvalue weighted by Crippen LogP contribution is 2.32. The van der Waals surface area contributed by atoms with E-state index >= 15 is 0 Å². The predicted molar refractivity (Wildman–Crippen MR) is 161 cm³/mol. The second-order valence-electron chi connectivity index (χ2n) is 10.4. The summed E-state index contributed by atoms with van der Waals surface area (Å²) in [6.45, 7) is 5.12. The van der Waals surface area contributed by atoms with Gasteiger partial charge in [-0.2, -0.15) is 10.2 Å². The van der Waals surface area contributed by atoms with Crippen LogP contribution in [0.3, 0.4) is 0 Å². The number of carbonyl (C=O) groups is 1. The van der Waals surface area contributed by atoms with Crippen molar-refractivity contribution in [1.29, 1.82) is 5.26 Å². The number of aromatic nitrogens is 4. The Labute approximate surface area is 244 Å². The van der Waals surface area contributed by atoms with Gasteiger partial charge in [0.1, 0.15) is 23.3 Å². The smallest absolute Gasteiger partial charge is 0.305 e. The van der Waals surface area contributed by atoms with Gasteiger partial charge in [0.25, 0.3) is 5.56 Å². The number of methoxy groups -OCH3 is 1. The Kier molecular flexibility index (Phi) is 8.33. The van der Waals surface area contributed by atoms with Crippen molar-refractivity contribution >= 4 is 34.3 Å². The summed E-state index contributed by atoms with van der Waals surface area (Å²) in [5.41, 5.74) is 8.56. The van der Waals surface area contributed by atoms with Gasteiger partial charge in [0.15, 0.2) is 0 Å². The van der Waals surface area contributed by atoms with Crippen LogP contribution in [0.25, 0.3) is 16.6 Å². The number of nitrogens with zero attached hydrogens (tertiary/aromatic N) is 6. The number of piperidine rings is 1. The van der Waals surface area contributed by atoms with E-state index in [4.69, 9.17) is 15.5 Å². The van der Waals surface area contributed by atoms with Crippen LogP contribution in [0, 0.1) is 24.2 Å². The number of para-hydroxylation sites is 1. The Morgan fingerprint density at radius 2 is 1.88 bits per heavy atom. The molecule has 4 aromatic rings. The van der Waals surface area contributed by atoms with Gasteiger partial charge < -0.3 is 20.7 Å². The molecule has 2 aromatic carbocycles. The monoisotopic (exact) mass is 566 g/mol. The van der Waals surface area contributed by atoms with E-state index in [0.29, 0.717) is 46.8 Å². The van der Waals surface area contributed by atoms with Crippen molar-refractivity contribution in [3.05, 3.63) is 76.0 Å². The van der Waals surface area contributed by atoms with Gasteiger partial charge in [-0.25, -0.2) is 9.97 Å². The molecule has 0 aliphatic carbocycles. The van der Waals surface area contributed by atoms with Crippen LogP contribution in [0.15, 0.2) is 53.3 Å². The van der Waals surface area contributed by atoms with Crippen LogP contribution in [0.1, 0.15) is 55.7 Å². The van der Waals surface area contributed by atoms with E-state index in [9.17, 15) is 14.9 Å². The molecule has 0 bridgehead atoms. The van der Waals surface area contributed by atoms with Crippen LogP contribution < -0.4 is 21.5 Å². The molecule has 0 unspecified atom stereocenters. The zero-order chi connectivity index (χ0) is 29.8. The summed E-state index contributed by atoms with van der Waals surface area (Å²) in [5, 5.41) is 13.6. The molecule has 2 aromatic heterocycles. The van der Waals surface area contributed by atoms with Crippen LogP contribution in [-0.4, -0.2) is 45.7 Å². The van der Waals surface area contributed by atoms with Crippen molar-refractivity contribution in [1.82, 2.24) is 19.5 Å². The van der Waals surface area contributed by atoms with Crippen molar-refractivity contribution in [2.45, 2.75) is 45.6 Å². The molecule has 1 saturated heterocycles. The highest BCUT2D eigenvalue weighted by Gasteiger charge is 2.27. The number of anilines is 3. The lowest BCUT2D eigenvalue weighted by molar-refractivity contribution is -0.141. The molecule has 1 atom stereocenters. The highest BCUT2D eigenvalue weighted by molar-refractivity contribution is 5.91. The maximum absolute atomic E-state index is 14.5. The number of nitrogen functional groups attached to an aromatic ring is 1. The number of aryl methyl sites for hydroxylation is 1. The van der Waals surface area contributed by atoms with E-state index in [-0.39, 0.29) is 29.0 Å². The molecule has 1 aliphatic rings. The summed E-state index contributed by atoms with van der Waals surface area (Å²) in [6.07, 6.45) is 2.61. The first-order chi connectivity index (χ1) is 20.3.